The molecular weight excluding hydrogens is 457 g/mol. The van der Waals surface area contributed by atoms with Gasteiger partial charge in [0.15, 0.2) is 17.5 Å². The Hall–Kier alpha value is -0.930. The number of hydrogen-bond donors (Lipinski definition) is 0. The Balaban J connectivity index is 1.44. The molecule has 0 unspecified atom stereocenters. The summed E-state index contributed by atoms with van der Waals surface area (Å²) in [5.41, 5.74) is -0.370. The van der Waals surface area contributed by atoms with Crippen LogP contribution in [0.2, 0.25) is 10.0 Å². The van der Waals surface area contributed by atoms with Gasteiger partial charge in [-0.05, 0) is 50.2 Å². The van der Waals surface area contributed by atoms with Crippen LogP contribution in [0, 0.1) is 17.8 Å². The lowest BCUT2D eigenvalue weighted by molar-refractivity contribution is -0.584. The van der Waals surface area contributed by atoms with Crippen LogP contribution in [0.25, 0.3) is 0 Å². The lowest BCUT2D eigenvalue weighted by Gasteiger charge is -2.62. The lowest BCUT2D eigenvalue weighted by Crippen LogP contribution is -2.76. The second kappa shape index (κ2) is 7.28. The van der Waals surface area contributed by atoms with Gasteiger partial charge in [-0.2, -0.15) is 0 Å². The van der Waals surface area contributed by atoms with Crippen molar-refractivity contribution >= 4 is 28.9 Å². The molecule has 6 aliphatic rings. The molecule has 7 rings (SSSR count). The second-order valence-corrected chi connectivity index (χ2v) is 10.7. The number of halogens is 2. The molecule has 5 fully saturated rings. The topological polar surface area (TPSA) is 67.7 Å². The Labute approximate surface area is 197 Å². The second-order valence-electron chi connectivity index (χ2n) is 9.92. The predicted octanol–water partition coefficient (Wildman–Crippen LogP) is 5.07. The van der Waals surface area contributed by atoms with Gasteiger partial charge in [0.1, 0.15) is 0 Å². The maximum atomic E-state index is 6.49. The Morgan fingerprint density at radius 2 is 1.91 bits per heavy atom. The van der Waals surface area contributed by atoms with Gasteiger partial charge in [0.25, 0.3) is 0 Å². The third-order valence-corrected chi connectivity index (χ3v) is 8.82. The molecule has 32 heavy (non-hydrogen) atoms. The van der Waals surface area contributed by atoms with E-state index in [1.807, 2.05) is 13.0 Å². The molecule has 0 radical (unpaired) electrons. The van der Waals surface area contributed by atoms with Gasteiger partial charge >= 0.3 is 0 Å². The highest BCUT2D eigenvalue weighted by atomic mass is 35.5. The zero-order valence-corrected chi connectivity index (χ0v) is 19.8. The number of nitrogens with zero attached hydrogens (tertiary/aromatic N) is 1. The minimum Gasteiger partial charge on any atom is -0.383 e. The van der Waals surface area contributed by atoms with Crippen LogP contribution in [0.15, 0.2) is 23.4 Å². The van der Waals surface area contributed by atoms with E-state index < -0.39 is 29.6 Å². The van der Waals surface area contributed by atoms with Crippen molar-refractivity contribution in [3.8, 4) is 0 Å². The van der Waals surface area contributed by atoms with E-state index in [1.165, 1.54) is 0 Å². The molecule has 2 bridgehead atoms. The van der Waals surface area contributed by atoms with Crippen molar-refractivity contribution in [2.75, 3.05) is 7.11 Å². The number of methoxy groups -OCH3 is 1. The molecule has 4 saturated heterocycles. The summed E-state index contributed by atoms with van der Waals surface area (Å²) in [7, 11) is 1.62. The van der Waals surface area contributed by atoms with Crippen molar-refractivity contribution < 1.29 is 28.8 Å². The Bertz CT molecular complexity index is 956. The number of hydrogen-bond acceptors (Lipinski definition) is 7. The highest BCUT2D eigenvalue weighted by Gasteiger charge is 2.76. The summed E-state index contributed by atoms with van der Waals surface area (Å²) < 4.78 is 18.7. The SMILES string of the molecule is CO[C@H]1O[C@@H]2O[C@@]3(C)CC[C@H]4[C@H](C)CC[C@@H]([C@]15CC(c1c(Cl)cccc1Cl)=NO5)[C@@]24OO3. The van der Waals surface area contributed by atoms with Crippen molar-refractivity contribution in [3.05, 3.63) is 33.8 Å². The van der Waals surface area contributed by atoms with E-state index in [-0.39, 0.29) is 11.8 Å². The summed E-state index contributed by atoms with van der Waals surface area (Å²) in [5, 5.41) is 5.53. The van der Waals surface area contributed by atoms with E-state index in [4.69, 9.17) is 52.0 Å². The standard InChI is InChI=1S/C23H27Cl2NO6/c1-12-7-8-17-22(11-16(26-30-22)18-14(24)5-4-6-15(18)25)19(27-3)28-20-23(17)13(12)9-10-21(2,29-20)31-32-23/h4-6,12-13,17,19-20H,7-11H2,1-3H3/t12-,13+,17+,19+,20-,21-,22-,23-/m1/s1. The van der Waals surface area contributed by atoms with E-state index >= 15 is 0 Å². The maximum absolute atomic E-state index is 6.49. The quantitative estimate of drug-likeness (QED) is 0.546. The first-order chi connectivity index (χ1) is 15.3. The Kier molecular flexibility index (Phi) is 4.91. The fourth-order valence-corrected chi connectivity index (χ4v) is 7.29. The van der Waals surface area contributed by atoms with Crippen LogP contribution in [0.5, 0.6) is 0 Å². The molecular formula is C23H27Cl2NO6. The summed E-state index contributed by atoms with van der Waals surface area (Å²) in [5.74, 6) is -0.336. The van der Waals surface area contributed by atoms with Crippen LogP contribution >= 0.6 is 23.2 Å². The van der Waals surface area contributed by atoms with E-state index in [9.17, 15) is 0 Å². The van der Waals surface area contributed by atoms with Crippen molar-refractivity contribution in [1.82, 2.24) is 0 Å². The van der Waals surface area contributed by atoms with E-state index in [0.717, 1.165) is 25.7 Å². The third kappa shape index (κ3) is 2.76. The van der Waals surface area contributed by atoms with Crippen LogP contribution in [0.3, 0.4) is 0 Å². The molecule has 9 heteroatoms. The molecule has 0 aromatic heterocycles. The van der Waals surface area contributed by atoms with Gasteiger partial charge < -0.3 is 19.0 Å². The first-order valence-electron chi connectivity index (χ1n) is 11.3. The zero-order valence-electron chi connectivity index (χ0n) is 18.3. The maximum Gasteiger partial charge on any atom is 0.203 e. The summed E-state index contributed by atoms with van der Waals surface area (Å²) in [6, 6.07) is 5.41. The third-order valence-electron chi connectivity index (χ3n) is 8.19. The van der Waals surface area contributed by atoms with Gasteiger partial charge in [-0.3, -0.25) is 0 Å². The van der Waals surface area contributed by atoms with Gasteiger partial charge in [0, 0.05) is 31.4 Å². The summed E-state index contributed by atoms with van der Waals surface area (Å²) >= 11 is 13.0. The fraction of sp³-hybridized carbons (Fsp3) is 0.696. The molecule has 2 spiro atoms. The van der Waals surface area contributed by atoms with Gasteiger partial charge in [-0.15, -0.1) is 0 Å². The summed E-state index contributed by atoms with van der Waals surface area (Å²) in [4.78, 5) is 18.5. The van der Waals surface area contributed by atoms with Crippen LogP contribution in [-0.2, 0) is 28.8 Å². The van der Waals surface area contributed by atoms with Crippen LogP contribution in [-0.4, -0.2) is 42.4 Å². The molecule has 174 valence electrons. The Morgan fingerprint density at radius 3 is 2.66 bits per heavy atom. The smallest absolute Gasteiger partial charge is 0.203 e. The molecule has 7 nitrogen and oxygen atoms in total. The highest BCUT2D eigenvalue weighted by Crippen LogP contribution is 2.63. The minimum absolute atomic E-state index is 0.120. The molecule has 1 saturated carbocycles. The summed E-state index contributed by atoms with van der Waals surface area (Å²) in [6.45, 7) is 4.17. The number of oxime groups is 1. The molecule has 1 aromatic rings. The van der Waals surface area contributed by atoms with Crippen molar-refractivity contribution in [1.29, 1.82) is 0 Å². The van der Waals surface area contributed by atoms with E-state index in [1.54, 1.807) is 19.2 Å². The normalized spacial score (nSPS) is 47.0. The summed E-state index contributed by atoms with van der Waals surface area (Å²) in [6.07, 6.45) is 2.65. The monoisotopic (exact) mass is 483 g/mol. The number of benzene rings is 1. The van der Waals surface area contributed by atoms with Crippen LogP contribution < -0.4 is 0 Å². The average molecular weight is 484 g/mol. The first-order valence-corrected chi connectivity index (χ1v) is 12.0. The largest absolute Gasteiger partial charge is 0.383 e. The molecule has 1 aromatic carbocycles. The van der Waals surface area contributed by atoms with Gasteiger partial charge in [-0.25, -0.2) is 9.78 Å². The highest BCUT2D eigenvalue weighted by molar-refractivity contribution is 6.40. The van der Waals surface area contributed by atoms with Crippen molar-refractivity contribution in [3.63, 3.8) is 0 Å². The zero-order chi connectivity index (χ0) is 22.3. The number of ether oxygens (including phenoxy) is 3. The molecule has 5 aliphatic heterocycles. The molecule has 0 N–H and O–H groups in total. The minimum atomic E-state index is -0.910. The van der Waals surface area contributed by atoms with E-state index in [0.29, 0.717) is 33.7 Å². The average Bonchev–Trinajstić information content (AvgIpc) is 3.05. The lowest BCUT2D eigenvalue weighted by atomic mass is 9.56. The number of rotatable bonds is 2. The van der Waals surface area contributed by atoms with Crippen LogP contribution in [0.1, 0.15) is 51.5 Å². The van der Waals surface area contributed by atoms with Crippen LogP contribution in [0.4, 0.5) is 0 Å². The van der Waals surface area contributed by atoms with Gasteiger partial charge in [0.2, 0.25) is 12.1 Å². The molecule has 5 heterocycles. The predicted molar refractivity (Wildman–Crippen MR) is 116 cm³/mol. The Morgan fingerprint density at radius 1 is 1.12 bits per heavy atom. The molecule has 1 aliphatic carbocycles. The van der Waals surface area contributed by atoms with Crippen molar-refractivity contribution in [2.45, 2.75) is 75.5 Å². The van der Waals surface area contributed by atoms with E-state index in [2.05, 4.69) is 12.1 Å². The molecule has 8 atom stereocenters. The number of fused-ring (bicyclic) bond motifs is 3. The van der Waals surface area contributed by atoms with Gasteiger partial charge in [-0.1, -0.05) is 41.3 Å². The van der Waals surface area contributed by atoms with Crippen molar-refractivity contribution in [2.24, 2.45) is 22.9 Å². The van der Waals surface area contributed by atoms with Gasteiger partial charge in [0.05, 0.1) is 15.8 Å². The first kappa shape index (κ1) is 21.6. The fourth-order valence-electron chi connectivity index (χ4n) is 6.68. The molecule has 0 amide bonds.